The lowest BCUT2D eigenvalue weighted by Gasteiger charge is -2.14. The summed E-state index contributed by atoms with van der Waals surface area (Å²) in [7, 11) is 0. The summed E-state index contributed by atoms with van der Waals surface area (Å²) >= 11 is 0. The first-order valence-electron chi connectivity index (χ1n) is 8.27. The zero-order valence-corrected chi connectivity index (χ0v) is 14.1. The maximum absolute atomic E-state index is 12.5. The van der Waals surface area contributed by atoms with Gasteiger partial charge in [-0.1, -0.05) is 42.5 Å². The molecule has 0 radical (unpaired) electrons. The van der Waals surface area contributed by atoms with Crippen LogP contribution in [0.2, 0.25) is 0 Å². The second-order valence-corrected chi connectivity index (χ2v) is 5.86. The van der Waals surface area contributed by atoms with E-state index in [-0.39, 0.29) is 6.54 Å². The number of halogens is 3. The van der Waals surface area contributed by atoms with Crippen molar-refractivity contribution in [3.05, 3.63) is 71.3 Å². The molecule has 0 spiro atoms. The van der Waals surface area contributed by atoms with Crippen LogP contribution in [0.3, 0.4) is 0 Å². The van der Waals surface area contributed by atoms with Gasteiger partial charge in [-0.3, -0.25) is 0 Å². The number of amides is 2. The molecule has 0 aliphatic heterocycles. The van der Waals surface area contributed by atoms with Crippen molar-refractivity contribution in [2.75, 3.05) is 13.1 Å². The van der Waals surface area contributed by atoms with Gasteiger partial charge in [-0.2, -0.15) is 13.2 Å². The van der Waals surface area contributed by atoms with Gasteiger partial charge in [-0.15, -0.1) is 0 Å². The highest BCUT2D eigenvalue weighted by molar-refractivity contribution is 5.73. The predicted octanol–water partition coefficient (Wildman–Crippen LogP) is 3.67. The summed E-state index contributed by atoms with van der Waals surface area (Å²) in [6.07, 6.45) is -3.87. The Labute approximate surface area is 150 Å². The number of rotatable bonds is 7. The van der Waals surface area contributed by atoms with E-state index in [9.17, 15) is 23.1 Å². The molecule has 0 bridgehead atoms. The summed E-state index contributed by atoms with van der Waals surface area (Å²) in [6.45, 7) is 0.396. The van der Waals surface area contributed by atoms with Crippen molar-refractivity contribution in [1.29, 1.82) is 0 Å². The summed E-state index contributed by atoms with van der Waals surface area (Å²) in [6, 6.07) is 13.7. The van der Waals surface area contributed by atoms with E-state index in [4.69, 9.17) is 0 Å². The van der Waals surface area contributed by atoms with Gasteiger partial charge in [0.15, 0.2) is 0 Å². The largest absolute Gasteiger partial charge is 0.416 e. The Morgan fingerprint density at radius 2 is 1.65 bits per heavy atom. The van der Waals surface area contributed by atoms with E-state index >= 15 is 0 Å². The van der Waals surface area contributed by atoms with Gasteiger partial charge < -0.3 is 15.7 Å². The fraction of sp³-hybridized carbons (Fsp3) is 0.316. The van der Waals surface area contributed by atoms with Gasteiger partial charge in [0, 0.05) is 13.1 Å². The molecule has 2 aromatic rings. The molecule has 0 aromatic heterocycles. The van der Waals surface area contributed by atoms with Gasteiger partial charge >= 0.3 is 12.2 Å². The van der Waals surface area contributed by atoms with Crippen molar-refractivity contribution in [2.45, 2.75) is 25.1 Å². The Bertz CT molecular complexity index is 688. The van der Waals surface area contributed by atoms with Crippen molar-refractivity contribution >= 4 is 6.03 Å². The van der Waals surface area contributed by atoms with Crippen molar-refractivity contribution in [2.24, 2.45) is 0 Å². The van der Waals surface area contributed by atoms with Gasteiger partial charge in [-0.05, 0) is 36.1 Å². The van der Waals surface area contributed by atoms with E-state index in [0.717, 1.165) is 25.0 Å². The van der Waals surface area contributed by atoms with Crippen molar-refractivity contribution in [3.63, 3.8) is 0 Å². The molecule has 2 amide bonds. The standard InChI is InChI=1S/C19H21F3N2O2/c20-19(21,22)16-10-8-15(9-11-16)17(25)13-24-18(26)23-12-4-7-14-5-2-1-3-6-14/h1-3,5-6,8-11,17,25H,4,7,12-13H2,(H2,23,24,26). The van der Waals surface area contributed by atoms with Crippen LogP contribution in [0.1, 0.15) is 29.2 Å². The molecular weight excluding hydrogens is 345 g/mol. The van der Waals surface area contributed by atoms with Crippen LogP contribution in [0, 0.1) is 0 Å². The first-order chi connectivity index (χ1) is 12.4. The first-order valence-corrected chi connectivity index (χ1v) is 8.27. The molecule has 2 aromatic carbocycles. The van der Waals surface area contributed by atoms with Gasteiger partial charge in [0.05, 0.1) is 11.7 Å². The maximum atomic E-state index is 12.5. The van der Waals surface area contributed by atoms with Crippen LogP contribution in [0.4, 0.5) is 18.0 Å². The number of urea groups is 1. The number of aryl methyl sites for hydroxylation is 1. The lowest BCUT2D eigenvalue weighted by atomic mass is 10.1. The molecule has 7 heteroatoms. The molecule has 2 rings (SSSR count). The van der Waals surface area contributed by atoms with Gasteiger partial charge in [0.1, 0.15) is 0 Å². The molecule has 140 valence electrons. The van der Waals surface area contributed by atoms with Crippen molar-refractivity contribution in [1.82, 2.24) is 10.6 Å². The lowest BCUT2D eigenvalue weighted by molar-refractivity contribution is -0.137. The quantitative estimate of drug-likeness (QED) is 0.655. The predicted molar refractivity (Wildman–Crippen MR) is 92.6 cm³/mol. The third-order valence-electron chi connectivity index (χ3n) is 3.85. The Morgan fingerprint density at radius 3 is 2.27 bits per heavy atom. The highest BCUT2D eigenvalue weighted by atomic mass is 19.4. The molecule has 0 heterocycles. The molecule has 1 unspecified atom stereocenters. The average molecular weight is 366 g/mol. The number of aliphatic hydroxyl groups is 1. The molecule has 4 nitrogen and oxygen atoms in total. The molecule has 26 heavy (non-hydrogen) atoms. The highest BCUT2D eigenvalue weighted by Crippen LogP contribution is 2.29. The van der Waals surface area contributed by atoms with Crippen molar-refractivity contribution in [3.8, 4) is 0 Å². The number of hydrogen-bond acceptors (Lipinski definition) is 2. The van der Waals surface area contributed by atoms with Crippen LogP contribution in [0.5, 0.6) is 0 Å². The fourth-order valence-corrected chi connectivity index (χ4v) is 2.40. The van der Waals surface area contributed by atoms with E-state index in [1.165, 1.54) is 17.7 Å². The van der Waals surface area contributed by atoms with E-state index in [1.807, 2.05) is 30.3 Å². The minimum absolute atomic E-state index is 0.0874. The molecule has 1 atom stereocenters. The van der Waals surface area contributed by atoms with E-state index in [2.05, 4.69) is 10.6 Å². The van der Waals surface area contributed by atoms with Crippen LogP contribution in [-0.2, 0) is 12.6 Å². The van der Waals surface area contributed by atoms with E-state index in [1.54, 1.807) is 0 Å². The summed E-state index contributed by atoms with van der Waals surface area (Å²) in [5.41, 5.74) is 0.715. The Kier molecular flexibility index (Phi) is 7.03. The smallest absolute Gasteiger partial charge is 0.387 e. The maximum Gasteiger partial charge on any atom is 0.416 e. The van der Waals surface area contributed by atoms with Crippen LogP contribution in [0.25, 0.3) is 0 Å². The normalized spacial score (nSPS) is 12.5. The van der Waals surface area contributed by atoms with Crippen LogP contribution in [-0.4, -0.2) is 24.2 Å². The molecule has 0 aliphatic rings. The Balaban J connectivity index is 1.68. The SMILES string of the molecule is O=C(NCCCc1ccccc1)NCC(O)c1ccc(C(F)(F)F)cc1. The van der Waals surface area contributed by atoms with E-state index in [0.29, 0.717) is 12.1 Å². The summed E-state index contributed by atoms with van der Waals surface area (Å²) in [5, 5.41) is 15.1. The van der Waals surface area contributed by atoms with Crippen molar-refractivity contribution < 1.29 is 23.1 Å². The van der Waals surface area contributed by atoms with E-state index < -0.39 is 23.9 Å². The van der Waals surface area contributed by atoms with Crippen LogP contribution >= 0.6 is 0 Å². The summed E-state index contributed by atoms with van der Waals surface area (Å²) in [5.74, 6) is 0. The summed E-state index contributed by atoms with van der Waals surface area (Å²) in [4.78, 5) is 11.7. The Morgan fingerprint density at radius 1 is 1.00 bits per heavy atom. The minimum Gasteiger partial charge on any atom is -0.387 e. The second-order valence-electron chi connectivity index (χ2n) is 5.86. The number of benzene rings is 2. The summed E-state index contributed by atoms with van der Waals surface area (Å²) < 4.78 is 37.5. The third-order valence-corrected chi connectivity index (χ3v) is 3.85. The third kappa shape index (κ3) is 6.40. The second kappa shape index (κ2) is 9.24. The van der Waals surface area contributed by atoms with Crippen LogP contribution < -0.4 is 10.6 Å². The first kappa shape index (κ1) is 19.8. The lowest BCUT2D eigenvalue weighted by Crippen LogP contribution is -2.38. The number of carbonyl (C=O) groups is 1. The number of hydrogen-bond donors (Lipinski definition) is 3. The molecular formula is C19H21F3N2O2. The van der Waals surface area contributed by atoms with Crippen LogP contribution in [0.15, 0.2) is 54.6 Å². The zero-order chi connectivity index (χ0) is 19.0. The molecule has 0 saturated carbocycles. The Hall–Kier alpha value is -2.54. The number of aliphatic hydroxyl groups excluding tert-OH is 1. The van der Waals surface area contributed by atoms with Gasteiger partial charge in [0.25, 0.3) is 0 Å². The number of alkyl halides is 3. The van der Waals surface area contributed by atoms with Gasteiger partial charge in [-0.25, -0.2) is 4.79 Å². The zero-order valence-electron chi connectivity index (χ0n) is 14.1. The number of carbonyl (C=O) groups excluding carboxylic acids is 1. The number of nitrogens with one attached hydrogen (secondary N) is 2. The fourth-order valence-electron chi connectivity index (χ4n) is 2.40. The highest BCUT2D eigenvalue weighted by Gasteiger charge is 2.30. The molecule has 3 N–H and O–H groups in total. The topological polar surface area (TPSA) is 61.4 Å². The monoisotopic (exact) mass is 366 g/mol. The minimum atomic E-state index is -4.42. The average Bonchev–Trinajstić information content (AvgIpc) is 2.63. The van der Waals surface area contributed by atoms with Gasteiger partial charge in [0.2, 0.25) is 0 Å². The molecule has 0 saturated heterocycles. The molecule has 0 aliphatic carbocycles. The molecule has 0 fully saturated rings.